The third kappa shape index (κ3) is 7.33. The van der Waals surface area contributed by atoms with Crippen molar-refractivity contribution in [1.82, 2.24) is 15.0 Å². The van der Waals surface area contributed by atoms with Crippen molar-refractivity contribution >= 4 is 16.6 Å². The van der Waals surface area contributed by atoms with Gasteiger partial charge in [-0.2, -0.15) is 0 Å². The predicted octanol–water partition coefficient (Wildman–Crippen LogP) is 14.7. The zero-order chi connectivity index (χ0) is 41.2. The Morgan fingerprint density at radius 2 is 0.855 bits per heavy atom. The van der Waals surface area contributed by atoms with Crippen LogP contribution in [0.5, 0.6) is 0 Å². The molecule has 2 atom stereocenters. The minimum atomic E-state index is 0.161. The average molecular weight is 795 g/mol. The lowest BCUT2D eigenvalue weighted by Crippen LogP contribution is -2.22. The van der Waals surface area contributed by atoms with Crippen molar-refractivity contribution in [2.24, 2.45) is 0 Å². The van der Waals surface area contributed by atoms with Crippen LogP contribution in [-0.2, 0) is 0 Å². The van der Waals surface area contributed by atoms with Crippen molar-refractivity contribution in [3.8, 4) is 67.4 Å². The predicted molar refractivity (Wildman–Crippen MR) is 256 cm³/mol. The third-order valence-electron chi connectivity index (χ3n) is 12.2. The number of nitrogens with one attached hydrogen (secondary N) is 1. The van der Waals surface area contributed by atoms with Crippen LogP contribution in [0.2, 0.25) is 0 Å². The Morgan fingerprint density at radius 3 is 1.53 bits per heavy atom. The van der Waals surface area contributed by atoms with E-state index in [4.69, 9.17) is 15.0 Å². The zero-order valence-corrected chi connectivity index (χ0v) is 34.1. The van der Waals surface area contributed by atoms with E-state index in [2.05, 4.69) is 218 Å². The van der Waals surface area contributed by atoms with Gasteiger partial charge >= 0.3 is 0 Å². The summed E-state index contributed by atoms with van der Waals surface area (Å²) < 4.78 is 0. The van der Waals surface area contributed by atoms with Crippen molar-refractivity contribution in [3.05, 3.63) is 241 Å². The number of aromatic nitrogens is 3. The first-order valence-corrected chi connectivity index (χ1v) is 21.3. The number of anilines is 1. The Kier molecular flexibility index (Phi) is 9.72. The van der Waals surface area contributed by atoms with E-state index in [9.17, 15) is 0 Å². The Bertz CT molecular complexity index is 3170. The van der Waals surface area contributed by atoms with Gasteiger partial charge in [0, 0.05) is 33.6 Å². The first kappa shape index (κ1) is 37.1. The fourth-order valence-corrected chi connectivity index (χ4v) is 8.95. The molecule has 0 bridgehead atoms. The molecule has 8 aromatic carbocycles. The molecule has 0 radical (unpaired) electrons. The fraction of sp³-hybridized carbons (Fsp3) is 0.0517. The molecule has 3 heterocycles. The van der Waals surface area contributed by atoms with Crippen LogP contribution in [-0.4, -0.2) is 15.0 Å². The molecule has 1 aliphatic heterocycles. The molecule has 11 rings (SSSR count). The van der Waals surface area contributed by atoms with Crippen LogP contribution in [0.4, 0.5) is 5.69 Å². The Balaban J connectivity index is 0.955. The molecule has 0 saturated carbocycles. The molecular weight excluding hydrogens is 753 g/mol. The minimum Gasteiger partial charge on any atom is -0.376 e. The molecule has 0 saturated heterocycles. The summed E-state index contributed by atoms with van der Waals surface area (Å²) in [5.41, 5.74) is 17.4. The molecular formula is C58H42N4. The second-order valence-corrected chi connectivity index (χ2v) is 16.0. The molecule has 4 heteroatoms. The molecule has 1 N–H and O–H groups in total. The van der Waals surface area contributed by atoms with Crippen LogP contribution < -0.4 is 5.32 Å². The van der Waals surface area contributed by atoms with Gasteiger partial charge in [-0.05, 0) is 69.6 Å². The number of fused-ring (bicyclic) bond motifs is 3. The molecule has 0 spiro atoms. The number of hydrogen-bond donors (Lipinski definition) is 1. The van der Waals surface area contributed by atoms with E-state index in [1.807, 2.05) is 12.1 Å². The molecule has 1 aliphatic rings. The van der Waals surface area contributed by atoms with Gasteiger partial charge in [-0.15, -0.1) is 0 Å². The highest BCUT2D eigenvalue weighted by molar-refractivity contribution is 5.95. The van der Waals surface area contributed by atoms with Crippen LogP contribution in [0.1, 0.15) is 35.1 Å². The summed E-state index contributed by atoms with van der Waals surface area (Å²) in [4.78, 5) is 15.8. The third-order valence-corrected chi connectivity index (χ3v) is 12.2. The molecule has 0 aliphatic carbocycles. The van der Waals surface area contributed by atoms with Crippen LogP contribution in [0, 0.1) is 0 Å². The van der Waals surface area contributed by atoms with Gasteiger partial charge in [0.15, 0.2) is 5.82 Å². The number of pyridine rings is 1. The first-order chi connectivity index (χ1) is 30.7. The molecule has 4 nitrogen and oxygen atoms in total. The van der Waals surface area contributed by atoms with Crippen LogP contribution in [0.15, 0.2) is 224 Å². The number of benzene rings is 8. The summed E-state index contributed by atoms with van der Waals surface area (Å²) >= 11 is 0. The lowest BCUT2D eigenvalue weighted by Gasteiger charge is -2.34. The summed E-state index contributed by atoms with van der Waals surface area (Å²) in [6.07, 6.45) is 0.970. The highest BCUT2D eigenvalue weighted by Gasteiger charge is 2.30. The van der Waals surface area contributed by atoms with E-state index >= 15 is 0 Å². The lowest BCUT2D eigenvalue weighted by molar-refractivity contribution is 0.604. The van der Waals surface area contributed by atoms with E-state index < -0.39 is 0 Å². The minimum absolute atomic E-state index is 0.161. The van der Waals surface area contributed by atoms with Crippen molar-refractivity contribution < 1.29 is 0 Å². The standard InChI is InChI=1S/C58H42N4/c1-5-15-39(16-6-1)40-27-29-44(30-28-40)55-38-54(43-21-11-4-12-22-43)61-58(62-55)49-26-14-24-47(36-49)46-23-13-25-48(35-46)52-34-32-45-31-33-50-51(41-17-7-2-8-18-41)37-53(42-19-9-3-10-20-42)60-57(50)56(45)59-52/h1-36,38,51,53,60H,37H2. The van der Waals surface area contributed by atoms with E-state index in [1.54, 1.807) is 0 Å². The molecule has 2 unspecified atom stereocenters. The first-order valence-electron chi connectivity index (χ1n) is 21.3. The van der Waals surface area contributed by atoms with Crippen LogP contribution in [0.25, 0.3) is 78.3 Å². The maximum Gasteiger partial charge on any atom is 0.160 e. The smallest absolute Gasteiger partial charge is 0.160 e. The topological polar surface area (TPSA) is 50.7 Å². The van der Waals surface area contributed by atoms with Gasteiger partial charge < -0.3 is 5.32 Å². The molecule has 0 amide bonds. The molecule has 2 aromatic heterocycles. The Morgan fingerprint density at radius 1 is 0.355 bits per heavy atom. The van der Waals surface area contributed by atoms with Gasteiger partial charge in [0.05, 0.1) is 34.3 Å². The zero-order valence-electron chi connectivity index (χ0n) is 34.1. The summed E-state index contributed by atoms with van der Waals surface area (Å²) in [5, 5.41) is 5.08. The Hall–Kier alpha value is -7.95. The van der Waals surface area contributed by atoms with E-state index in [1.165, 1.54) is 27.8 Å². The molecule has 10 aromatic rings. The summed E-state index contributed by atoms with van der Waals surface area (Å²) in [5.74, 6) is 0.930. The van der Waals surface area contributed by atoms with Crippen molar-refractivity contribution in [2.45, 2.75) is 18.4 Å². The maximum absolute atomic E-state index is 5.43. The van der Waals surface area contributed by atoms with Gasteiger partial charge in [-0.25, -0.2) is 15.0 Å². The van der Waals surface area contributed by atoms with Crippen molar-refractivity contribution in [2.75, 3.05) is 5.32 Å². The molecule has 0 fully saturated rings. The van der Waals surface area contributed by atoms with Crippen molar-refractivity contribution in [3.63, 3.8) is 0 Å². The summed E-state index contributed by atoms with van der Waals surface area (Å²) in [6.45, 7) is 0. The van der Waals surface area contributed by atoms with E-state index in [-0.39, 0.29) is 12.0 Å². The number of rotatable bonds is 8. The van der Waals surface area contributed by atoms with Crippen molar-refractivity contribution in [1.29, 1.82) is 0 Å². The van der Waals surface area contributed by atoms with Gasteiger partial charge in [0.1, 0.15) is 0 Å². The molecule has 294 valence electrons. The summed E-state index contributed by atoms with van der Waals surface area (Å²) in [7, 11) is 0. The van der Waals surface area contributed by atoms with E-state index in [0.717, 1.165) is 73.5 Å². The quantitative estimate of drug-likeness (QED) is 0.166. The van der Waals surface area contributed by atoms with Gasteiger partial charge in [0.25, 0.3) is 0 Å². The fourth-order valence-electron chi connectivity index (χ4n) is 8.95. The average Bonchev–Trinajstić information content (AvgIpc) is 3.37. The Labute approximate surface area is 362 Å². The lowest BCUT2D eigenvalue weighted by atomic mass is 9.80. The largest absolute Gasteiger partial charge is 0.376 e. The monoisotopic (exact) mass is 794 g/mol. The maximum atomic E-state index is 5.43. The van der Waals surface area contributed by atoms with Gasteiger partial charge in [0.2, 0.25) is 0 Å². The van der Waals surface area contributed by atoms with E-state index in [0.29, 0.717) is 5.82 Å². The summed E-state index contributed by atoms with van der Waals surface area (Å²) in [6, 6.07) is 79.6. The molecule has 62 heavy (non-hydrogen) atoms. The highest BCUT2D eigenvalue weighted by Crippen LogP contribution is 2.46. The number of hydrogen-bond acceptors (Lipinski definition) is 4. The van der Waals surface area contributed by atoms with Gasteiger partial charge in [-0.1, -0.05) is 200 Å². The normalized spacial score (nSPS) is 14.5. The van der Waals surface area contributed by atoms with Gasteiger partial charge in [-0.3, -0.25) is 0 Å². The van der Waals surface area contributed by atoms with Crippen LogP contribution >= 0.6 is 0 Å². The highest BCUT2D eigenvalue weighted by atomic mass is 15.0. The SMILES string of the molecule is c1ccc(-c2ccc(-c3cc(-c4ccccc4)nc(-c4cccc(-c5cccc(-c6ccc7ccc8c(c7n6)NC(c6ccccc6)CC8c6ccccc6)c5)c4)n3)cc2)cc1. The number of nitrogens with zero attached hydrogens (tertiary/aromatic N) is 3. The second-order valence-electron chi connectivity index (χ2n) is 16.0. The van der Waals surface area contributed by atoms with Crippen LogP contribution in [0.3, 0.4) is 0 Å². The second kappa shape index (κ2) is 16.2.